The van der Waals surface area contributed by atoms with Crippen LogP contribution in [-0.2, 0) is 11.2 Å². The van der Waals surface area contributed by atoms with E-state index >= 15 is 0 Å². The van der Waals surface area contributed by atoms with E-state index in [9.17, 15) is 4.79 Å². The topological polar surface area (TPSA) is 54.0 Å². The molecule has 1 aliphatic rings. The normalized spacial score (nSPS) is 20.4. The summed E-state index contributed by atoms with van der Waals surface area (Å²) in [5, 5.41) is 6.32. The van der Waals surface area contributed by atoms with Gasteiger partial charge in [0.25, 0.3) is 0 Å². The van der Waals surface area contributed by atoms with Crippen LogP contribution in [0.2, 0.25) is 0 Å². The minimum Gasteiger partial charge on any atom is -0.352 e. The van der Waals surface area contributed by atoms with E-state index in [1.54, 1.807) is 12.4 Å². The second-order valence-corrected chi connectivity index (χ2v) is 4.14. The summed E-state index contributed by atoms with van der Waals surface area (Å²) in [6.45, 7) is 1.96. The summed E-state index contributed by atoms with van der Waals surface area (Å²) in [6, 6.07) is 4.04. The van der Waals surface area contributed by atoms with Gasteiger partial charge < -0.3 is 10.6 Å². The van der Waals surface area contributed by atoms with Gasteiger partial charge in [0, 0.05) is 25.0 Å². The molecule has 1 atom stereocenters. The maximum atomic E-state index is 11.7. The van der Waals surface area contributed by atoms with Gasteiger partial charge in [-0.15, -0.1) is 0 Å². The van der Waals surface area contributed by atoms with Crippen molar-refractivity contribution in [2.45, 2.75) is 25.3 Å². The summed E-state index contributed by atoms with van der Waals surface area (Å²) in [7, 11) is 0. The molecular formula is C12H17N3O. The zero-order chi connectivity index (χ0) is 11.2. The predicted molar refractivity (Wildman–Crippen MR) is 62.0 cm³/mol. The van der Waals surface area contributed by atoms with Crippen LogP contribution in [0.15, 0.2) is 24.5 Å². The highest BCUT2D eigenvalue weighted by molar-refractivity contribution is 5.78. The van der Waals surface area contributed by atoms with E-state index in [0.717, 1.165) is 31.5 Å². The van der Waals surface area contributed by atoms with Gasteiger partial charge in [-0.2, -0.15) is 0 Å². The number of carbonyl (C=O) groups excluding carboxylic acids is 1. The fourth-order valence-electron chi connectivity index (χ4n) is 1.94. The molecule has 4 nitrogen and oxygen atoms in total. The van der Waals surface area contributed by atoms with Crippen molar-refractivity contribution in [2.24, 2.45) is 0 Å². The van der Waals surface area contributed by atoms with Gasteiger partial charge in [-0.05, 0) is 37.1 Å². The quantitative estimate of drug-likeness (QED) is 0.778. The van der Waals surface area contributed by atoms with E-state index in [-0.39, 0.29) is 5.91 Å². The summed E-state index contributed by atoms with van der Waals surface area (Å²) in [5.41, 5.74) is 1.01. The highest BCUT2D eigenvalue weighted by Gasteiger charge is 2.15. The summed E-state index contributed by atoms with van der Waals surface area (Å²) in [6.07, 6.45) is 6.09. The van der Waals surface area contributed by atoms with Crippen LogP contribution in [0, 0.1) is 0 Å². The third kappa shape index (κ3) is 3.31. The second kappa shape index (κ2) is 5.61. The van der Waals surface area contributed by atoms with Crippen molar-refractivity contribution in [3.63, 3.8) is 0 Å². The molecule has 4 heteroatoms. The molecule has 0 aliphatic carbocycles. The van der Waals surface area contributed by atoms with Gasteiger partial charge in [0.1, 0.15) is 0 Å². The molecule has 1 aliphatic heterocycles. The van der Waals surface area contributed by atoms with Gasteiger partial charge in [-0.3, -0.25) is 9.78 Å². The standard InChI is InChI=1S/C12H17N3O/c16-12(8-10-3-6-13-7-4-10)15-11-2-1-5-14-9-11/h3-4,6-7,11,14H,1-2,5,8-9H2,(H,15,16)/t11-/m0/s1. The summed E-state index contributed by atoms with van der Waals surface area (Å²) < 4.78 is 0. The molecule has 2 N–H and O–H groups in total. The third-order valence-corrected chi connectivity index (χ3v) is 2.78. The number of hydrogen-bond donors (Lipinski definition) is 2. The molecule has 0 spiro atoms. The minimum absolute atomic E-state index is 0.0971. The lowest BCUT2D eigenvalue weighted by Crippen LogP contribution is -2.46. The van der Waals surface area contributed by atoms with Crippen molar-refractivity contribution < 1.29 is 4.79 Å². The summed E-state index contributed by atoms with van der Waals surface area (Å²) >= 11 is 0. The summed E-state index contributed by atoms with van der Waals surface area (Å²) in [4.78, 5) is 15.6. The van der Waals surface area contributed by atoms with E-state index in [1.807, 2.05) is 12.1 Å². The average molecular weight is 219 g/mol. The van der Waals surface area contributed by atoms with E-state index < -0.39 is 0 Å². The zero-order valence-electron chi connectivity index (χ0n) is 9.28. The van der Waals surface area contributed by atoms with Crippen LogP contribution >= 0.6 is 0 Å². The Balaban J connectivity index is 1.80. The zero-order valence-corrected chi connectivity index (χ0v) is 9.28. The van der Waals surface area contributed by atoms with E-state index in [1.165, 1.54) is 0 Å². The van der Waals surface area contributed by atoms with Crippen molar-refractivity contribution in [2.75, 3.05) is 13.1 Å². The first-order valence-corrected chi connectivity index (χ1v) is 5.73. The Labute approximate surface area is 95.5 Å². The SMILES string of the molecule is O=C(Cc1ccncc1)N[C@H]1CCCNC1. The second-order valence-electron chi connectivity index (χ2n) is 4.14. The molecule has 86 valence electrons. The minimum atomic E-state index is 0.0971. The molecule has 2 heterocycles. The smallest absolute Gasteiger partial charge is 0.224 e. The molecule has 0 bridgehead atoms. The highest BCUT2D eigenvalue weighted by Crippen LogP contribution is 2.02. The number of hydrogen-bond acceptors (Lipinski definition) is 3. The number of aromatic nitrogens is 1. The maximum Gasteiger partial charge on any atom is 0.224 e. The highest BCUT2D eigenvalue weighted by atomic mass is 16.1. The number of nitrogens with one attached hydrogen (secondary N) is 2. The third-order valence-electron chi connectivity index (χ3n) is 2.78. The van der Waals surface area contributed by atoms with Crippen molar-refractivity contribution in [1.29, 1.82) is 0 Å². The van der Waals surface area contributed by atoms with Crippen molar-refractivity contribution in [1.82, 2.24) is 15.6 Å². The Morgan fingerprint density at radius 1 is 1.50 bits per heavy atom. The van der Waals surface area contributed by atoms with Gasteiger partial charge in [0.2, 0.25) is 5.91 Å². The van der Waals surface area contributed by atoms with E-state index in [2.05, 4.69) is 15.6 Å². The Morgan fingerprint density at radius 3 is 3.00 bits per heavy atom. The molecule has 1 fully saturated rings. The summed E-state index contributed by atoms with van der Waals surface area (Å²) in [5.74, 6) is 0.0971. The first kappa shape index (κ1) is 11.1. The molecule has 16 heavy (non-hydrogen) atoms. The molecule has 1 saturated heterocycles. The lowest BCUT2D eigenvalue weighted by molar-refractivity contribution is -0.121. The Hall–Kier alpha value is -1.42. The van der Waals surface area contributed by atoms with Crippen LogP contribution in [0.25, 0.3) is 0 Å². The molecule has 1 amide bonds. The number of nitrogens with zero attached hydrogens (tertiary/aromatic N) is 1. The molecule has 0 unspecified atom stereocenters. The van der Waals surface area contributed by atoms with Crippen LogP contribution in [0.1, 0.15) is 18.4 Å². The first-order chi connectivity index (χ1) is 7.84. The maximum absolute atomic E-state index is 11.7. The largest absolute Gasteiger partial charge is 0.352 e. The predicted octanol–water partition coefficient (Wildman–Crippen LogP) is 0.492. The van der Waals surface area contributed by atoms with Gasteiger partial charge in [0.15, 0.2) is 0 Å². The van der Waals surface area contributed by atoms with Crippen LogP contribution in [-0.4, -0.2) is 30.0 Å². The molecule has 2 rings (SSSR count). The van der Waals surface area contributed by atoms with Gasteiger partial charge in [0.05, 0.1) is 6.42 Å². The number of piperidine rings is 1. The fraction of sp³-hybridized carbons (Fsp3) is 0.500. The Kier molecular flexibility index (Phi) is 3.88. The lowest BCUT2D eigenvalue weighted by atomic mass is 10.1. The first-order valence-electron chi connectivity index (χ1n) is 5.73. The molecule has 1 aromatic heterocycles. The van der Waals surface area contributed by atoms with Gasteiger partial charge in [-0.25, -0.2) is 0 Å². The van der Waals surface area contributed by atoms with Crippen LogP contribution < -0.4 is 10.6 Å². The molecule has 0 saturated carbocycles. The van der Waals surface area contributed by atoms with Gasteiger partial charge in [-0.1, -0.05) is 0 Å². The number of rotatable bonds is 3. The van der Waals surface area contributed by atoms with Crippen LogP contribution in [0.4, 0.5) is 0 Å². The van der Waals surface area contributed by atoms with E-state index in [0.29, 0.717) is 12.5 Å². The number of amides is 1. The van der Waals surface area contributed by atoms with Crippen molar-refractivity contribution in [3.05, 3.63) is 30.1 Å². The Morgan fingerprint density at radius 2 is 2.31 bits per heavy atom. The molecular weight excluding hydrogens is 202 g/mol. The van der Waals surface area contributed by atoms with Crippen LogP contribution in [0.5, 0.6) is 0 Å². The number of pyridine rings is 1. The fourth-order valence-corrected chi connectivity index (χ4v) is 1.94. The van der Waals surface area contributed by atoms with Crippen molar-refractivity contribution in [3.8, 4) is 0 Å². The molecule has 0 radical (unpaired) electrons. The lowest BCUT2D eigenvalue weighted by Gasteiger charge is -2.23. The molecule has 0 aromatic carbocycles. The average Bonchev–Trinajstić information content (AvgIpc) is 2.31. The van der Waals surface area contributed by atoms with Gasteiger partial charge >= 0.3 is 0 Å². The van der Waals surface area contributed by atoms with Crippen molar-refractivity contribution >= 4 is 5.91 Å². The van der Waals surface area contributed by atoms with Crippen LogP contribution in [0.3, 0.4) is 0 Å². The monoisotopic (exact) mass is 219 g/mol. The molecule has 1 aromatic rings. The van der Waals surface area contributed by atoms with E-state index in [4.69, 9.17) is 0 Å². The number of carbonyl (C=O) groups is 1. The Bertz CT molecular complexity index is 333.